The van der Waals surface area contributed by atoms with Crippen LogP contribution >= 0.6 is 0 Å². The zero-order valence-corrected chi connectivity index (χ0v) is 35.3. The smallest absolute Gasteiger partial charge is 0.200 e. The molecular formula is C56H24F10O4. The second-order valence-electron chi connectivity index (χ2n) is 16.3. The fourth-order valence-electron chi connectivity index (χ4n) is 9.19. The van der Waals surface area contributed by atoms with Crippen molar-refractivity contribution in [1.82, 2.24) is 0 Å². The van der Waals surface area contributed by atoms with Gasteiger partial charge in [-0.25, -0.2) is 43.9 Å². The van der Waals surface area contributed by atoms with Gasteiger partial charge in [0, 0.05) is 78.2 Å². The Bertz CT molecular complexity index is 3780. The van der Waals surface area contributed by atoms with Gasteiger partial charge in [0.2, 0.25) is 11.6 Å². The van der Waals surface area contributed by atoms with E-state index in [0.29, 0.717) is 11.1 Å². The highest BCUT2D eigenvalue weighted by Crippen LogP contribution is 2.54. The lowest BCUT2D eigenvalue weighted by molar-refractivity contribution is 0.381. The summed E-state index contributed by atoms with van der Waals surface area (Å²) < 4.78 is 180. The van der Waals surface area contributed by atoms with Crippen molar-refractivity contribution in [2.75, 3.05) is 0 Å². The highest BCUT2D eigenvalue weighted by atomic mass is 19.2. The van der Waals surface area contributed by atoms with Crippen molar-refractivity contribution in [3.05, 3.63) is 204 Å². The van der Waals surface area contributed by atoms with E-state index < -0.39 is 80.4 Å². The standard InChI is InChI=1S/C56H24F10O4/c57-43-41(44(58)48(62)51(65)47(43)61)39-31-21-29-33(23-35(31)69-55(39)27-17-9-3-10-18-27)67-53(25-13-5-1-6-14-25)37(29)38-30-22-32-36(24-34(30)68-54(38)26-15-7-2-8-16-26)70-56(28-19-11-4-12-20-28)40(32)42-45(59)49(63)52(66)50(64)46(42)60/h1-24H. The highest BCUT2D eigenvalue weighted by Gasteiger charge is 2.35. The topological polar surface area (TPSA) is 52.6 Å². The first-order valence-corrected chi connectivity index (χ1v) is 21.2. The van der Waals surface area contributed by atoms with E-state index in [1.165, 1.54) is 48.5 Å². The summed E-state index contributed by atoms with van der Waals surface area (Å²) in [6.07, 6.45) is 0. The Morgan fingerprint density at radius 2 is 0.414 bits per heavy atom. The molecule has 0 atom stereocenters. The van der Waals surface area contributed by atoms with Crippen LogP contribution in [0.1, 0.15) is 0 Å². The van der Waals surface area contributed by atoms with E-state index in [9.17, 15) is 8.78 Å². The molecule has 0 saturated carbocycles. The van der Waals surface area contributed by atoms with E-state index in [0.717, 1.165) is 0 Å². The molecule has 0 radical (unpaired) electrons. The molecule has 0 fully saturated rings. The van der Waals surface area contributed by atoms with Crippen molar-refractivity contribution < 1.29 is 61.6 Å². The second-order valence-corrected chi connectivity index (χ2v) is 16.3. The van der Waals surface area contributed by atoms with Crippen LogP contribution in [-0.4, -0.2) is 0 Å². The maximum absolute atomic E-state index is 16.0. The summed E-state index contributed by atoms with van der Waals surface area (Å²) in [5, 5.41) is 0.218. The monoisotopic (exact) mass is 950 g/mol. The molecule has 0 spiro atoms. The molecule has 4 heterocycles. The maximum atomic E-state index is 16.0. The molecule has 0 aliphatic carbocycles. The molecule has 0 amide bonds. The molecule has 0 unspecified atom stereocenters. The lowest BCUT2D eigenvalue weighted by Crippen LogP contribution is -2.04. The van der Waals surface area contributed by atoms with E-state index >= 15 is 35.1 Å². The number of hydrogen-bond donors (Lipinski definition) is 0. The summed E-state index contributed by atoms with van der Waals surface area (Å²) >= 11 is 0. The van der Waals surface area contributed by atoms with E-state index in [1.54, 1.807) is 97.1 Å². The van der Waals surface area contributed by atoms with Crippen molar-refractivity contribution in [1.29, 1.82) is 0 Å². The van der Waals surface area contributed by atoms with Crippen molar-refractivity contribution in [2.45, 2.75) is 0 Å². The molecule has 8 aromatic carbocycles. The van der Waals surface area contributed by atoms with Crippen LogP contribution in [0.2, 0.25) is 0 Å². The maximum Gasteiger partial charge on any atom is 0.200 e. The van der Waals surface area contributed by atoms with Gasteiger partial charge in [0.1, 0.15) is 45.4 Å². The SMILES string of the molecule is Fc1c(F)c(F)c(-c2c(-c3ccccc3)oc3cc4oc(-c5ccccc5)c(-c5c(-c6ccccc6)oc6cc7oc(-c8ccccc8)c(-c8c(F)c(F)c(F)c(F)c8F)c7cc56)c4cc23)c(F)c1F. The van der Waals surface area contributed by atoms with Crippen LogP contribution in [0, 0.1) is 58.2 Å². The van der Waals surface area contributed by atoms with Crippen LogP contribution in [0.5, 0.6) is 0 Å². The van der Waals surface area contributed by atoms with Gasteiger partial charge in [-0.1, -0.05) is 121 Å². The van der Waals surface area contributed by atoms with Gasteiger partial charge in [0.15, 0.2) is 46.5 Å². The first-order chi connectivity index (χ1) is 33.9. The fraction of sp³-hybridized carbons (Fsp3) is 0. The van der Waals surface area contributed by atoms with Crippen LogP contribution in [-0.2, 0) is 0 Å². The number of rotatable bonds is 7. The molecule has 0 bridgehead atoms. The number of furan rings is 4. The van der Waals surface area contributed by atoms with E-state index in [2.05, 4.69) is 0 Å². The first-order valence-electron chi connectivity index (χ1n) is 21.2. The Hall–Kier alpha value is -8.78. The molecular weight excluding hydrogens is 927 g/mol. The molecule has 0 aliphatic heterocycles. The number of hydrogen-bond acceptors (Lipinski definition) is 4. The summed E-state index contributed by atoms with van der Waals surface area (Å²) in [6, 6.07) is 38.8. The van der Waals surface area contributed by atoms with Gasteiger partial charge in [-0.2, -0.15) is 0 Å². The van der Waals surface area contributed by atoms with Crippen molar-refractivity contribution >= 4 is 43.9 Å². The van der Waals surface area contributed by atoms with Gasteiger partial charge in [0.05, 0.1) is 11.1 Å². The zero-order chi connectivity index (χ0) is 48.3. The highest BCUT2D eigenvalue weighted by molar-refractivity contribution is 6.19. The molecule has 70 heavy (non-hydrogen) atoms. The number of benzene rings is 8. The van der Waals surface area contributed by atoms with Crippen LogP contribution in [0.4, 0.5) is 43.9 Å². The molecule has 342 valence electrons. The lowest BCUT2D eigenvalue weighted by Gasteiger charge is -2.10. The number of halogens is 10. The fourth-order valence-corrected chi connectivity index (χ4v) is 9.19. The molecule has 12 rings (SSSR count). The predicted molar refractivity (Wildman–Crippen MR) is 243 cm³/mol. The molecule has 4 nitrogen and oxygen atoms in total. The third-order valence-corrected chi connectivity index (χ3v) is 12.3. The Morgan fingerprint density at radius 3 is 0.643 bits per heavy atom. The lowest BCUT2D eigenvalue weighted by atomic mass is 9.91. The molecule has 12 aromatic rings. The van der Waals surface area contributed by atoms with Crippen LogP contribution in [0.25, 0.3) is 123 Å². The second kappa shape index (κ2) is 15.9. The van der Waals surface area contributed by atoms with Gasteiger partial charge in [-0.3, -0.25) is 0 Å². The van der Waals surface area contributed by atoms with Gasteiger partial charge in [-0.05, 0) is 12.1 Å². The van der Waals surface area contributed by atoms with Gasteiger partial charge in [0.25, 0.3) is 0 Å². The summed E-state index contributed by atoms with van der Waals surface area (Å²) in [5.74, 6) is -21.9. The zero-order valence-electron chi connectivity index (χ0n) is 35.3. The van der Waals surface area contributed by atoms with Gasteiger partial charge >= 0.3 is 0 Å². The Morgan fingerprint density at radius 1 is 0.214 bits per heavy atom. The van der Waals surface area contributed by atoms with Crippen molar-refractivity contribution in [2.24, 2.45) is 0 Å². The quantitative estimate of drug-likeness (QED) is 0.0907. The summed E-state index contributed by atoms with van der Waals surface area (Å²) in [6.45, 7) is 0. The molecule has 0 N–H and O–H groups in total. The third-order valence-electron chi connectivity index (χ3n) is 12.3. The van der Waals surface area contributed by atoms with Crippen LogP contribution in [0.15, 0.2) is 163 Å². The normalized spacial score (nSPS) is 11.9. The van der Waals surface area contributed by atoms with Crippen molar-refractivity contribution in [3.8, 4) is 78.7 Å². The van der Waals surface area contributed by atoms with Gasteiger partial charge in [-0.15, -0.1) is 0 Å². The van der Waals surface area contributed by atoms with E-state index in [-0.39, 0.29) is 89.2 Å². The average Bonchev–Trinajstić information content (AvgIpc) is 4.16. The van der Waals surface area contributed by atoms with Gasteiger partial charge < -0.3 is 17.7 Å². The van der Waals surface area contributed by atoms with Crippen LogP contribution < -0.4 is 0 Å². The average molecular weight is 951 g/mol. The van der Waals surface area contributed by atoms with E-state index in [4.69, 9.17) is 17.7 Å². The predicted octanol–water partition coefficient (Wildman–Crippen LogP) is 17.7. The minimum absolute atomic E-state index is 0.0634. The number of fused-ring (bicyclic) bond motifs is 4. The summed E-state index contributed by atoms with van der Waals surface area (Å²) in [5.41, 5.74) is -1.40. The molecule has 4 aromatic heterocycles. The third kappa shape index (κ3) is 6.25. The van der Waals surface area contributed by atoms with Crippen LogP contribution in [0.3, 0.4) is 0 Å². The molecule has 14 heteroatoms. The molecule has 0 aliphatic rings. The van der Waals surface area contributed by atoms with Crippen molar-refractivity contribution in [3.63, 3.8) is 0 Å². The summed E-state index contributed by atoms with van der Waals surface area (Å²) in [7, 11) is 0. The first kappa shape index (κ1) is 42.6. The minimum Gasteiger partial charge on any atom is -0.455 e. The Labute approximate surface area is 386 Å². The minimum atomic E-state index is -2.36. The van der Waals surface area contributed by atoms with E-state index in [1.807, 2.05) is 0 Å². The Balaban J connectivity index is 1.25. The summed E-state index contributed by atoms with van der Waals surface area (Å²) in [4.78, 5) is 0. The molecule has 0 saturated heterocycles. The Kier molecular flexibility index (Phi) is 9.67. The largest absolute Gasteiger partial charge is 0.455 e.